The lowest BCUT2D eigenvalue weighted by atomic mass is 9.81. The molecular weight excluding hydrogens is 326 g/mol. The average Bonchev–Trinajstić information content (AvgIpc) is 2.85. The Balaban J connectivity index is 1.64. The Labute approximate surface area is 151 Å². The second-order valence-electron chi connectivity index (χ2n) is 6.97. The molecule has 0 spiro atoms. The molecule has 2 aliphatic rings. The number of carbonyl (C=O) groups excluding carboxylic acids is 3. The number of fused-ring (bicyclic) bond motifs is 2. The maximum absolute atomic E-state index is 13.0. The minimum absolute atomic E-state index is 0.0185. The van der Waals surface area contributed by atoms with Crippen molar-refractivity contribution in [1.82, 2.24) is 5.32 Å². The maximum atomic E-state index is 13.0. The summed E-state index contributed by atoms with van der Waals surface area (Å²) in [6.45, 7) is 2.01. The van der Waals surface area contributed by atoms with Crippen molar-refractivity contribution >= 4 is 17.5 Å². The molecule has 4 rings (SSSR count). The van der Waals surface area contributed by atoms with Crippen molar-refractivity contribution in [2.75, 3.05) is 0 Å². The lowest BCUT2D eigenvalue weighted by Gasteiger charge is -2.21. The number of allylic oxidation sites excluding steroid dienone is 2. The summed E-state index contributed by atoms with van der Waals surface area (Å²) in [6.07, 6.45) is 1.65. The van der Waals surface area contributed by atoms with Crippen LogP contribution in [0.5, 0.6) is 0 Å². The number of benzene rings is 2. The molecule has 0 saturated heterocycles. The first-order valence-electron chi connectivity index (χ1n) is 8.79. The summed E-state index contributed by atoms with van der Waals surface area (Å²) >= 11 is 0. The summed E-state index contributed by atoms with van der Waals surface area (Å²) in [5.74, 6) is -1.83. The minimum atomic E-state index is -0.714. The molecule has 4 nitrogen and oxygen atoms in total. The third kappa shape index (κ3) is 2.58. The van der Waals surface area contributed by atoms with E-state index in [-0.39, 0.29) is 40.9 Å². The predicted molar refractivity (Wildman–Crippen MR) is 97.3 cm³/mol. The fourth-order valence-corrected chi connectivity index (χ4v) is 4.18. The first-order chi connectivity index (χ1) is 12.6. The standard InChI is InChI=1S/C22H19NO3/c1-13-16-12-17(23-22(26)15-10-6-3-7-11-15)21(25)19(20(16)24)18(13)14-8-4-2-5-9-14/h2-13,16,18-19H,1H3,(H,23,26)/t13-,16-,18-,19+/m1/s1. The van der Waals surface area contributed by atoms with Crippen LogP contribution in [0.4, 0.5) is 0 Å². The molecule has 130 valence electrons. The maximum Gasteiger partial charge on any atom is 0.255 e. The molecule has 2 aromatic rings. The fourth-order valence-electron chi connectivity index (χ4n) is 4.18. The van der Waals surface area contributed by atoms with Gasteiger partial charge in [-0.1, -0.05) is 55.5 Å². The molecule has 4 atom stereocenters. The van der Waals surface area contributed by atoms with E-state index in [1.807, 2.05) is 43.3 Å². The Bertz CT molecular complexity index is 901. The SMILES string of the molecule is C[C@H]1[C@H](c2ccccc2)[C@@H]2C(=O)C(NC(=O)c3ccccc3)=C[C@H]1C2=O. The monoisotopic (exact) mass is 345 g/mol. The van der Waals surface area contributed by atoms with Crippen LogP contribution in [-0.2, 0) is 9.59 Å². The highest BCUT2D eigenvalue weighted by molar-refractivity contribution is 6.18. The van der Waals surface area contributed by atoms with Gasteiger partial charge < -0.3 is 5.32 Å². The van der Waals surface area contributed by atoms with Crippen LogP contribution in [0, 0.1) is 17.8 Å². The molecule has 0 unspecified atom stereocenters. The van der Waals surface area contributed by atoms with Gasteiger partial charge in [0.2, 0.25) is 0 Å². The van der Waals surface area contributed by atoms with Crippen LogP contribution in [-0.4, -0.2) is 17.5 Å². The van der Waals surface area contributed by atoms with Crippen molar-refractivity contribution < 1.29 is 14.4 Å². The van der Waals surface area contributed by atoms with Crippen LogP contribution in [0.3, 0.4) is 0 Å². The summed E-state index contributed by atoms with van der Waals surface area (Å²) in [5.41, 5.74) is 1.73. The summed E-state index contributed by atoms with van der Waals surface area (Å²) in [4.78, 5) is 38.1. The normalized spacial score (nSPS) is 27.2. The number of amides is 1. The van der Waals surface area contributed by atoms with Crippen molar-refractivity contribution in [2.24, 2.45) is 17.8 Å². The van der Waals surface area contributed by atoms with Gasteiger partial charge in [-0.2, -0.15) is 0 Å². The predicted octanol–water partition coefficient (Wildman–Crippen LogP) is 3.12. The fraction of sp³-hybridized carbons (Fsp3) is 0.227. The highest BCUT2D eigenvalue weighted by atomic mass is 16.2. The Morgan fingerprint density at radius 3 is 2.19 bits per heavy atom. The minimum Gasteiger partial charge on any atom is -0.319 e. The third-order valence-electron chi connectivity index (χ3n) is 5.49. The van der Waals surface area contributed by atoms with Gasteiger partial charge in [0.25, 0.3) is 5.91 Å². The summed E-state index contributed by atoms with van der Waals surface area (Å²) in [7, 11) is 0. The van der Waals surface area contributed by atoms with E-state index >= 15 is 0 Å². The van der Waals surface area contributed by atoms with Crippen LogP contribution in [0.2, 0.25) is 0 Å². The molecule has 0 aliphatic heterocycles. The molecule has 1 saturated carbocycles. The smallest absolute Gasteiger partial charge is 0.255 e. The summed E-state index contributed by atoms with van der Waals surface area (Å²) < 4.78 is 0. The largest absolute Gasteiger partial charge is 0.319 e. The second kappa shape index (κ2) is 6.37. The first kappa shape index (κ1) is 16.5. The van der Waals surface area contributed by atoms with Gasteiger partial charge in [0.15, 0.2) is 11.6 Å². The highest BCUT2D eigenvalue weighted by Crippen LogP contribution is 2.49. The third-order valence-corrected chi connectivity index (χ3v) is 5.49. The molecule has 4 heteroatoms. The Hall–Kier alpha value is -3.01. The van der Waals surface area contributed by atoms with E-state index < -0.39 is 5.92 Å². The van der Waals surface area contributed by atoms with Crippen LogP contribution in [0.25, 0.3) is 0 Å². The Morgan fingerprint density at radius 2 is 1.54 bits per heavy atom. The molecule has 0 heterocycles. The molecule has 2 aliphatic carbocycles. The zero-order valence-electron chi connectivity index (χ0n) is 14.4. The van der Waals surface area contributed by atoms with Gasteiger partial charge in [-0.15, -0.1) is 0 Å². The Morgan fingerprint density at radius 1 is 0.923 bits per heavy atom. The van der Waals surface area contributed by atoms with Gasteiger partial charge in [0.1, 0.15) is 0 Å². The number of ketones is 2. The van der Waals surface area contributed by atoms with Gasteiger partial charge in [0.05, 0.1) is 11.6 Å². The van der Waals surface area contributed by atoms with Crippen molar-refractivity contribution in [2.45, 2.75) is 12.8 Å². The number of hydrogen-bond acceptors (Lipinski definition) is 3. The van der Waals surface area contributed by atoms with Crippen LogP contribution >= 0.6 is 0 Å². The molecule has 0 radical (unpaired) electrons. The molecular formula is C22H19NO3. The highest BCUT2D eigenvalue weighted by Gasteiger charge is 2.54. The van der Waals surface area contributed by atoms with E-state index in [1.54, 1.807) is 30.3 Å². The summed E-state index contributed by atoms with van der Waals surface area (Å²) in [5, 5.41) is 2.72. The van der Waals surface area contributed by atoms with Gasteiger partial charge in [-0.25, -0.2) is 0 Å². The Kier molecular flexibility index (Phi) is 4.03. The van der Waals surface area contributed by atoms with E-state index in [0.29, 0.717) is 5.56 Å². The second-order valence-corrected chi connectivity index (χ2v) is 6.97. The molecule has 26 heavy (non-hydrogen) atoms. The van der Waals surface area contributed by atoms with Crippen LogP contribution < -0.4 is 5.32 Å². The molecule has 1 N–H and O–H groups in total. The summed E-state index contributed by atoms with van der Waals surface area (Å²) in [6, 6.07) is 18.4. The quantitative estimate of drug-likeness (QED) is 0.870. The number of Topliss-reactive ketones (excluding diaryl/α,β-unsaturated/α-hetero) is 2. The van der Waals surface area contributed by atoms with E-state index in [9.17, 15) is 14.4 Å². The lowest BCUT2D eigenvalue weighted by Crippen LogP contribution is -2.37. The molecule has 0 aromatic heterocycles. The van der Waals surface area contributed by atoms with E-state index in [4.69, 9.17) is 0 Å². The molecule has 2 bridgehead atoms. The average molecular weight is 345 g/mol. The van der Waals surface area contributed by atoms with E-state index in [0.717, 1.165) is 5.56 Å². The number of nitrogens with one attached hydrogen (secondary N) is 1. The van der Waals surface area contributed by atoms with Gasteiger partial charge >= 0.3 is 0 Å². The first-order valence-corrected chi connectivity index (χ1v) is 8.79. The van der Waals surface area contributed by atoms with Gasteiger partial charge in [-0.05, 0) is 29.7 Å². The molecule has 1 fully saturated rings. The van der Waals surface area contributed by atoms with E-state index in [1.165, 1.54) is 0 Å². The molecule has 1 amide bonds. The lowest BCUT2D eigenvalue weighted by molar-refractivity contribution is -0.131. The van der Waals surface area contributed by atoms with E-state index in [2.05, 4.69) is 5.32 Å². The zero-order valence-corrected chi connectivity index (χ0v) is 14.4. The van der Waals surface area contributed by atoms with Gasteiger partial charge in [0, 0.05) is 17.4 Å². The van der Waals surface area contributed by atoms with Crippen LogP contribution in [0.15, 0.2) is 72.4 Å². The van der Waals surface area contributed by atoms with Gasteiger partial charge in [-0.3, -0.25) is 14.4 Å². The molecule has 2 aromatic carbocycles. The van der Waals surface area contributed by atoms with Crippen molar-refractivity contribution in [1.29, 1.82) is 0 Å². The van der Waals surface area contributed by atoms with Crippen LogP contribution in [0.1, 0.15) is 28.8 Å². The number of rotatable bonds is 3. The van der Waals surface area contributed by atoms with Crippen molar-refractivity contribution in [3.63, 3.8) is 0 Å². The van der Waals surface area contributed by atoms with Crippen molar-refractivity contribution in [3.05, 3.63) is 83.6 Å². The number of carbonyl (C=O) groups is 3. The zero-order chi connectivity index (χ0) is 18.3. The van der Waals surface area contributed by atoms with Crippen molar-refractivity contribution in [3.8, 4) is 0 Å². The number of hydrogen-bond donors (Lipinski definition) is 1. The topological polar surface area (TPSA) is 63.2 Å².